The summed E-state index contributed by atoms with van der Waals surface area (Å²) in [5.41, 5.74) is 0.857. The molecule has 0 aliphatic rings. The Kier molecular flexibility index (Phi) is 6.64. The van der Waals surface area contributed by atoms with Crippen molar-refractivity contribution in [1.29, 1.82) is 0 Å². The fraction of sp³-hybridized carbons (Fsp3) is 0.909. The monoisotopic (exact) mass is 232 g/mol. The van der Waals surface area contributed by atoms with Crippen molar-refractivity contribution in [3.63, 3.8) is 0 Å². The molecule has 0 rings (SSSR count). The largest absolute Gasteiger partial charge is 0.505 e. The molecule has 0 spiro atoms. The Morgan fingerprint density at radius 1 is 1.40 bits per heavy atom. The Balaban J connectivity index is 3.52. The number of ether oxygens (including phenoxy) is 1. The fourth-order valence-corrected chi connectivity index (χ4v) is 4.74. The molecular weight excluding hydrogens is 208 g/mol. The maximum Gasteiger partial charge on any atom is 0.505 e. The lowest BCUT2D eigenvalue weighted by Crippen LogP contribution is -2.15. The van der Waals surface area contributed by atoms with Crippen LogP contribution in [0, 0.1) is 0 Å². The number of rotatable bonds is 7. The molecule has 90 valence electrons. The SMILES string of the molecule is CC(C)[SiH2]C(C)(C)CCCCOC(=O)O. The van der Waals surface area contributed by atoms with Crippen LogP contribution in [0.1, 0.15) is 47.0 Å². The summed E-state index contributed by atoms with van der Waals surface area (Å²) >= 11 is 0. The van der Waals surface area contributed by atoms with Gasteiger partial charge in [-0.1, -0.05) is 39.7 Å². The maximum atomic E-state index is 10.1. The molecule has 0 saturated heterocycles. The zero-order valence-electron chi connectivity index (χ0n) is 10.4. The van der Waals surface area contributed by atoms with Gasteiger partial charge in [-0.3, -0.25) is 0 Å². The van der Waals surface area contributed by atoms with Gasteiger partial charge in [0.25, 0.3) is 0 Å². The average molecular weight is 232 g/mol. The summed E-state index contributed by atoms with van der Waals surface area (Å²) in [6.07, 6.45) is 1.95. The van der Waals surface area contributed by atoms with Crippen molar-refractivity contribution in [2.45, 2.75) is 57.5 Å². The molecule has 0 aromatic carbocycles. The Hall–Kier alpha value is -0.513. The van der Waals surface area contributed by atoms with Crippen LogP contribution in [-0.4, -0.2) is 27.4 Å². The minimum atomic E-state index is -1.16. The van der Waals surface area contributed by atoms with Crippen LogP contribution < -0.4 is 0 Å². The van der Waals surface area contributed by atoms with E-state index in [4.69, 9.17) is 5.11 Å². The van der Waals surface area contributed by atoms with Gasteiger partial charge in [0.1, 0.15) is 0 Å². The van der Waals surface area contributed by atoms with E-state index in [0.717, 1.165) is 18.4 Å². The van der Waals surface area contributed by atoms with E-state index in [1.54, 1.807) is 0 Å². The quantitative estimate of drug-likeness (QED) is 0.417. The standard InChI is InChI=1S/C11H24O3Si/c1-9(2)15-11(3,4)7-5-6-8-14-10(12)13/h9H,5-8,15H2,1-4H3,(H,12,13). The highest BCUT2D eigenvalue weighted by atomic mass is 28.2. The van der Waals surface area contributed by atoms with Gasteiger partial charge in [-0.2, -0.15) is 0 Å². The van der Waals surface area contributed by atoms with Crippen LogP contribution in [0.3, 0.4) is 0 Å². The normalized spacial score (nSPS) is 12.6. The Labute approximate surface area is 95.0 Å². The second-order valence-corrected chi connectivity index (χ2v) is 9.29. The minimum absolute atomic E-state index is 0.0330. The van der Waals surface area contributed by atoms with Crippen LogP contribution in [0.4, 0.5) is 4.79 Å². The van der Waals surface area contributed by atoms with E-state index in [9.17, 15) is 4.79 Å². The highest BCUT2D eigenvalue weighted by molar-refractivity contribution is 6.41. The van der Waals surface area contributed by atoms with Crippen molar-refractivity contribution < 1.29 is 14.6 Å². The molecule has 0 unspecified atom stereocenters. The van der Waals surface area contributed by atoms with Crippen molar-refractivity contribution in [1.82, 2.24) is 0 Å². The van der Waals surface area contributed by atoms with Gasteiger partial charge in [0, 0.05) is 9.52 Å². The molecule has 0 bridgehead atoms. The van der Waals surface area contributed by atoms with Gasteiger partial charge in [-0.05, 0) is 17.9 Å². The predicted octanol–water partition coefficient (Wildman–Crippen LogP) is 3.05. The summed E-state index contributed by atoms with van der Waals surface area (Å²) in [5, 5.41) is 8.77. The summed E-state index contributed by atoms with van der Waals surface area (Å²) in [5.74, 6) is 0. The Morgan fingerprint density at radius 3 is 2.47 bits per heavy atom. The zero-order valence-corrected chi connectivity index (χ0v) is 11.8. The third-order valence-corrected chi connectivity index (χ3v) is 4.71. The van der Waals surface area contributed by atoms with Crippen molar-refractivity contribution in [2.24, 2.45) is 0 Å². The van der Waals surface area contributed by atoms with E-state index in [1.165, 1.54) is 6.42 Å². The first-order valence-electron chi connectivity index (χ1n) is 5.69. The molecule has 0 saturated carbocycles. The van der Waals surface area contributed by atoms with Crippen molar-refractivity contribution in [3.8, 4) is 0 Å². The molecule has 0 radical (unpaired) electrons. The lowest BCUT2D eigenvalue weighted by Gasteiger charge is -2.25. The van der Waals surface area contributed by atoms with E-state index >= 15 is 0 Å². The van der Waals surface area contributed by atoms with E-state index in [2.05, 4.69) is 32.4 Å². The molecule has 0 aliphatic carbocycles. The van der Waals surface area contributed by atoms with Crippen LogP contribution in [0.2, 0.25) is 10.6 Å². The van der Waals surface area contributed by atoms with Gasteiger partial charge < -0.3 is 9.84 Å². The van der Waals surface area contributed by atoms with Gasteiger partial charge in [0.2, 0.25) is 0 Å². The third-order valence-electron chi connectivity index (χ3n) is 2.43. The molecule has 0 aromatic rings. The molecule has 0 aliphatic heterocycles. The fourth-order valence-electron chi connectivity index (χ4n) is 2.07. The summed E-state index contributed by atoms with van der Waals surface area (Å²) in [6.45, 7) is 9.59. The second-order valence-electron chi connectivity index (χ2n) is 5.33. The maximum absolute atomic E-state index is 10.1. The first-order valence-corrected chi connectivity index (χ1v) is 7.21. The van der Waals surface area contributed by atoms with Crippen LogP contribution in [0.25, 0.3) is 0 Å². The highest BCUT2D eigenvalue weighted by Gasteiger charge is 2.19. The van der Waals surface area contributed by atoms with Crippen LogP contribution in [0.5, 0.6) is 0 Å². The van der Waals surface area contributed by atoms with Crippen molar-refractivity contribution in [3.05, 3.63) is 0 Å². The third kappa shape index (κ3) is 9.78. The molecule has 1 N–H and O–H groups in total. The molecule has 0 heterocycles. The van der Waals surface area contributed by atoms with Crippen molar-refractivity contribution in [2.75, 3.05) is 6.61 Å². The Bertz CT molecular complexity index is 190. The van der Waals surface area contributed by atoms with E-state index in [1.807, 2.05) is 0 Å². The minimum Gasteiger partial charge on any atom is -0.450 e. The number of carbonyl (C=O) groups is 1. The summed E-state index contributed by atoms with van der Waals surface area (Å²) in [4.78, 5) is 10.1. The summed E-state index contributed by atoms with van der Waals surface area (Å²) < 4.78 is 4.47. The highest BCUT2D eigenvalue weighted by Crippen LogP contribution is 2.33. The molecular formula is C11H24O3Si. The molecule has 15 heavy (non-hydrogen) atoms. The van der Waals surface area contributed by atoms with E-state index in [-0.39, 0.29) is 9.52 Å². The first kappa shape index (κ1) is 14.5. The average Bonchev–Trinajstić information content (AvgIpc) is 1.99. The smallest absolute Gasteiger partial charge is 0.450 e. The molecule has 0 atom stereocenters. The molecule has 3 nitrogen and oxygen atoms in total. The molecule has 0 amide bonds. The first-order chi connectivity index (χ1) is 6.83. The van der Waals surface area contributed by atoms with Gasteiger partial charge in [0.15, 0.2) is 0 Å². The van der Waals surface area contributed by atoms with Crippen LogP contribution in [0.15, 0.2) is 0 Å². The Morgan fingerprint density at radius 2 is 2.00 bits per heavy atom. The topological polar surface area (TPSA) is 46.5 Å². The van der Waals surface area contributed by atoms with Crippen LogP contribution >= 0.6 is 0 Å². The number of hydrogen-bond acceptors (Lipinski definition) is 2. The molecule has 4 heteroatoms. The second kappa shape index (κ2) is 6.88. The van der Waals surface area contributed by atoms with E-state index in [0.29, 0.717) is 11.6 Å². The lowest BCUT2D eigenvalue weighted by molar-refractivity contribution is 0.0898. The van der Waals surface area contributed by atoms with Crippen molar-refractivity contribution >= 4 is 15.7 Å². The number of unbranched alkanes of at least 4 members (excludes halogenated alkanes) is 1. The summed E-state index contributed by atoms with van der Waals surface area (Å²) in [6, 6.07) is 0. The van der Waals surface area contributed by atoms with Crippen LogP contribution in [-0.2, 0) is 4.74 Å². The van der Waals surface area contributed by atoms with E-state index < -0.39 is 6.16 Å². The van der Waals surface area contributed by atoms with Gasteiger partial charge in [0.05, 0.1) is 6.61 Å². The number of hydrogen-bond donors (Lipinski definition) is 1. The predicted molar refractivity (Wildman–Crippen MR) is 65.5 cm³/mol. The zero-order chi connectivity index (χ0) is 11.9. The molecule has 0 aromatic heterocycles. The number of carboxylic acid groups (broad SMARTS) is 1. The van der Waals surface area contributed by atoms with Gasteiger partial charge >= 0.3 is 6.16 Å². The van der Waals surface area contributed by atoms with Gasteiger partial charge in [-0.25, -0.2) is 4.79 Å². The lowest BCUT2D eigenvalue weighted by atomic mass is 10.1. The van der Waals surface area contributed by atoms with Gasteiger partial charge in [-0.15, -0.1) is 0 Å². The summed E-state index contributed by atoms with van der Waals surface area (Å²) in [7, 11) is -0.0330. The molecule has 0 fully saturated rings.